The van der Waals surface area contributed by atoms with Crippen LogP contribution in [0, 0.1) is 13.8 Å². The van der Waals surface area contributed by atoms with E-state index in [0.29, 0.717) is 6.61 Å². The van der Waals surface area contributed by atoms with E-state index in [1.165, 1.54) is 0 Å². The summed E-state index contributed by atoms with van der Waals surface area (Å²) in [6, 6.07) is 4.14. The maximum Gasteiger partial charge on any atom is 0.165 e. The Morgan fingerprint density at radius 3 is 2.45 bits per heavy atom. The van der Waals surface area contributed by atoms with Crippen molar-refractivity contribution >= 4 is 0 Å². The number of nitrogens with zero attached hydrogens (tertiary/aromatic N) is 3. The molecule has 1 aromatic heterocycles. The van der Waals surface area contributed by atoms with Crippen molar-refractivity contribution in [2.24, 2.45) is 0 Å². The van der Waals surface area contributed by atoms with Gasteiger partial charge in [-0.25, -0.2) is 9.67 Å². The van der Waals surface area contributed by atoms with Crippen LogP contribution in [0.2, 0.25) is 0 Å². The molecule has 0 aliphatic rings. The standard InChI is InChI=1S/C15H21N3O2/c1-10(2)18-14(16-9-17-18)8-20-15-11(3)5-13(7-19)6-12(15)4/h5-6,9-10,19H,7-8H2,1-4H3. The molecule has 5 heteroatoms. The SMILES string of the molecule is Cc1cc(CO)cc(C)c1OCc1ncnn1C(C)C. The molecule has 1 N–H and O–H groups in total. The molecule has 0 aliphatic carbocycles. The molecule has 1 heterocycles. The largest absolute Gasteiger partial charge is 0.485 e. The number of hydrogen-bond acceptors (Lipinski definition) is 4. The topological polar surface area (TPSA) is 60.2 Å². The second-order valence-corrected chi connectivity index (χ2v) is 5.22. The van der Waals surface area contributed by atoms with Crippen LogP contribution in [0.1, 0.15) is 42.4 Å². The molecule has 0 aliphatic heterocycles. The zero-order chi connectivity index (χ0) is 14.7. The summed E-state index contributed by atoms with van der Waals surface area (Å²) < 4.78 is 7.75. The highest BCUT2D eigenvalue weighted by atomic mass is 16.5. The van der Waals surface area contributed by atoms with Crippen LogP contribution in [0.3, 0.4) is 0 Å². The Labute approximate surface area is 119 Å². The summed E-state index contributed by atoms with van der Waals surface area (Å²) in [5.74, 6) is 1.66. The fourth-order valence-corrected chi connectivity index (χ4v) is 2.30. The molecule has 2 aromatic rings. The van der Waals surface area contributed by atoms with Gasteiger partial charge in [0.1, 0.15) is 18.7 Å². The molecule has 20 heavy (non-hydrogen) atoms. The Hall–Kier alpha value is -1.88. The molecular weight excluding hydrogens is 254 g/mol. The van der Waals surface area contributed by atoms with Crippen LogP contribution in [0.25, 0.3) is 0 Å². The van der Waals surface area contributed by atoms with Crippen molar-refractivity contribution in [3.63, 3.8) is 0 Å². The maximum atomic E-state index is 9.19. The molecule has 2 rings (SSSR count). The Kier molecular flexibility index (Phi) is 4.39. The number of aryl methyl sites for hydroxylation is 2. The summed E-state index contributed by atoms with van der Waals surface area (Å²) >= 11 is 0. The molecule has 0 spiro atoms. The summed E-state index contributed by atoms with van der Waals surface area (Å²) in [6.45, 7) is 8.51. The fourth-order valence-electron chi connectivity index (χ4n) is 2.30. The second kappa shape index (κ2) is 6.05. The first-order chi connectivity index (χ1) is 9.52. The molecular formula is C15H21N3O2. The van der Waals surface area contributed by atoms with Crippen LogP contribution in [-0.2, 0) is 13.2 Å². The Morgan fingerprint density at radius 1 is 1.25 bits per heavy atom. The van der Waals surface area contributed by atoms with Gasteiger partial charge in [-0.15, -0.1) is 0 Å². The highest BCUT2D eigenvalue weighted by Crippen LogP contribution is 2.25. The van der Waals surface area contributed by atoms with Crippen LogP contribution in [0.5, 0.6) is 5.75 Å². The van der Waals surface area contributed by atoms with Crippen molar-refractivity contribution in [1.29, 1.82) is 0 Å². The van der Waals surface area contributed by atoms with Gasteiger partial charge < -0.3 is 9.84 Å². The number of benzene rings is 1. The molecule has 1 aromatic carbocycles. The van der Waals surface area contributed by atoms with Gasteiger partial charge in [-0.3, -0.25) is 0 Å². The van der Waals surface area contributed by atoms with Gasteiger partial charge >= 0.3 is 0 Å². The quantitative estimate of drug-likeness (QED) is 0.911. The van der Waals surface area contributed by atoms with Gasteiger partial charge in [0.2, 0.25) is 0 Å². The van der Waals surface area contributed by atoms with E-state index < -0.39 is 0 Å². The van der Waals surface area contributed by atoms with Crippen LogP contribution in [0.4, 0.5) is 0 Å². The Bertz CT molecular complexity index is 568. The number of aliphatic hydroxyl groups excluding tert-OH is 1. The highest BCUT2D eigenvalue weighted by Gasteiger charge is 2.11. The Balaban J connectivity index is 2.17. The zero-order valence-corrected chi connectivity index (χ0v) is 12.4. The molecule has 0 bridgehead atoms. The van der Waals surface area contributed by atoms with E-state index in [9.17, 15) is 5.11 Å². The van der Waals surface area contributed by atoms with Gasteiger partial charge in [0.25, 0.3) is 0 Å². The monoisotopic (exact) mass is 275 g/mol. The lowest BCUT2D eigenvalue weighted by atomic mass is 10.1. The third kappa shape index (κ3) is 2.99. The third-order valence-corrected chi connectivity index (χ3v) is 3.18. The summed E-state index contributed by atoms with van der Waals surface area (Å²) in [5, 5.41) is 13.4. The average Bonchev–Trinajstić information content (AvgIpc) is 2.86. The summed E-state index contributed by atoms with van der Waals surface area (Å²) in [5.41, 5.74) is 2.94. The molecule has 108 valence electrons. The average molecular weight is 275 g/mol. The molecule has 0 atom stereocenters. The number of hydrogen-bond donors (Lipinski definition) is 1. The zero-order valence-electron chi connectivity index (χ0n) is 12.4. The van der Waals surface area contributed by atoms with Gasteiger partial charge in [0, 0.05) is 6.04 Å². The van der Waals surface area contributed by atoms with Crippen molar-refractivity contribution in [3.8, 4) is 5.75 Å². The molecule has 0 unspecified atom stereocenters. The number of aliphatic hydroxyl groups is 1. The predicted molar refractivity (Wildman–Crippen MR) is 76.6 cm³/mol. The van der Waals surface area contributed by atoms with E-state index in [-0.39, 0.29) is 12.6 Å². The van der Waals surface area contributed by atoms with E-state index in [2.05, 4.69) is 23.9 Å². The van der Waals surface area contributed by atoms with Crippen LogP contribution in [0.15, 0.2) is 18.5 Å². The van der Waals surface area contributed by atoms with E-state index in [1.807, 2.05) is 30.7 Å². The summed E-state index contributed by atoms with van der Waals surface area (Å²) in [4.78, 5) is 4.23. The lowest BCUT2D eigenvalue weighted by Crippen LogP contribution is -2.11. The molecule has 5 nitrogen and oxygen atoms in total. The van der Waals surface area contributed by atoms with E-state index in [1.54, 1.807) is 6.33 Å². The van der Waals surface area contributed by atoms with Crippen molar-refractivity contribution in [2.75, 3.05) is 0 Å². The normalized spacial score (nSPS) is 11.1. The van der Waals surface area contributed by atoms with Gasteiger partial charge in [0.05, 0.1) is 6.61 Å². The number of ether oxygens (including phenoxy) is 1. The highest BCUT2D eigenvalue weighted by molar-refractivity contribution is 5.43. The number of aromatic nitrogens is 3. The number of rotatable bonds is 5. The fraction of sp³-hybridized carbons (Fsp3) is 0.467. The smallest absolute Gasteiger partial charge is 0.165 e. The summed E-state index contributed by atoms with van der Waals surface area (Å²) in [6.07, 6.45) is 1.55. The van der Waals surface area contributed by atoms with Crippen LogP contribution < -0.4 is 4.74 Å². The van der Waals surface area contributed by atoms with Crippen LogP contribution in [-0.4, -0.2) is 19.9 Å². The van der Waals surface area contributed by atoms with E-state index in [0.717, 1.165) is 28.3 Å². The Morgan fingerprint density at radius 2 is 1.90 bits per heavy atom. The van der Waals surface area contributed by atoms with Crippen molar-refractivity contribution in [3.05, 3.63) is 41.0 Å². The van der Waals surface area contributed by atoms with Crippen molar-refractivity contribution < 1.29 is 9.84 Å². The summed E-state index contributed by atoms with van der Waals surface area (Å²) in [7, 11) is 0. The van der Waals surface area contributed by atoms with Gasteiger partial charge in [0.15, 0.2) is 5.82 Å². The third-order valence-electron chi connectivity index (χ3n) is 3.18. The molecule has 0 fully saturated rings. The lowest BCUT2D eigenvalue weighted by Gasteiger charge is -2.14. The minimum Gasteiger partial charge on any atom is -0.485 e. The van der Waals surface area contributed by atoms with Crippen molar-refractivity contribution in [1.82, 2.24) is 14.8 Å². The predicted octanol–water partition coefficient (Wildman–Crippen LogP) is 2.55. The second-order valence-electron chi connectivity index (χ2n) is 5.22. The van der Waals surface area contributed by atoms with Gasteiger partial charge in [-0.1, -0.05) is 12.1 Å². The van der Waals surface area contributed by atoms with Gasteiger partial charge in [-0.2, -0.15) is 5.10 Å². The first-order valence-electron chi connectivity index (χ1n) is 6.75. The van der Waals surface area contributed by atoms with E-state index in [4.69, 9.17) is 4.74 Å². The lowest BCUT2D eigenvalue weighted by molar-refractivity contribution is 0.274. The van der Waals surface area contributed by atoms with Crippen LogP contribution >= 0.6 is 0 Å². The maximum absolute atomic E-state index is 9.19. The van der Waals surface area contributed by atoms with Crippen molar-refractivity contribution in [2.45, 2.75) is 47.0 Å². The first-order valence-corrected chi connectivity index (χ1v) is 6.75. The molecule has 0 saturated carbocycles. The molecule has 0 amide bonds. The minimum absolute atomic E-state index is 0.0453. The first kappa shape index (κ1) is 14.5. The molecule has 0 saturated heterocycles. The van der Waals surface area contributed by atoms with E-state index >= 15 is 0 Å². The van der Waals surface area contributed by atoms with Gasteiger partial charge in [-0.05, 0) is 44.4 Å². The minimum atomic E-state index is 0.0453. The molecule has 0 radical (unpaired) electrons.